The van der Waals surface area contributed by atoms with Crippen molar-refractivity contribution in [3.8, 4) is 11.8 Å². The molecule has 0 radical (unpaired) electrons. The zero-order chi connectivity index (χ0) is 17.5. The number of carbonyl (C=O) groups is 1. The van der Waals surface area contributed by atoms with Gasteiger partial charge in [0.2, 0.25) is 0 Å². The van der Waals surface area contributed by atoms with Crippen LogP contribution in [0.3, 0.4) is 0 Å². The predicted octanol–water partition coefficient (Wildman–Crippen LogP) is 3.54. The summed E-state index contributed by atoms with van der Waals surface area (Å²) in [4.78, 5) is 12.4. The molecule has 0 aliphatic carbocycles. The zero-order valence-electron chi connectivity index (χ0n) is 13.7. The summed E-state index contributed by atoms with van der Waals surface area (Å²) in [6, 6.07) is 13.3. The maximum atomic E-state index is 12.4. The molecule has 2 aromatic rings. The Balaban J connectivity index is 2.33. The van der Waals surface area contributed by atoms with Gasteiger partial charge in [-0.2, -0.15) is 5.26 Å². The number of anilines is 1. The van der Waals surface area contributed by atoms with Crippen LogP contribution in [0, 0.1) is 11.3 Å². The second-order valence-corrected chi connectivity index (χ2v) is 5.26. The normalized spacial score (nSPS) is 11.4. The summed E-state index contributed by atoms with van der Waals surface area (Å²) >= 11 is 0. The number of aryl methyl sites for hydroxylation is 1. The molecule has 5 heteroatoms. The van der Waals surface area contributed by atoms with Gasteiger partial charge < -0.3 is 15.2 Å². The van der Waals surface area contributed by atoms with Crippen LogP contribution >= 0.6 is 0 Å². The van der Waals surface area contributed by atoms with Crippen LogP contribution in [-0.2, 0) is 16.0 Å². The molecule has 0 heterocycles. The highest BCUT2D eigenvalue weighted by Gasteiger charge is 2.22. The Hall–Kier alpha value is -3.00. The molecule has 0 amide bonds. The fourth-order valence-electron chi connectivity index (χ4n) is 2.38. The summed E-state index contributed by atoms with van der Waals surface area (Å²) in [6.45, 7) is 3.97. The highest BCUT2D eigenvalue weighted by atomic mass is 16.5. The topological polar surface area (TPSA) is 82.3 Å². The minimum atomic E-state index is -0.691. The molecule has 0 saturated carbocycles. The third-order valence-corrected chi connectivity index (χ3v) is 3.67. The quantitative estimate of drug-likeness (QED) is 0.794. The van der Waals surface area contributed by atoms with Gasteiger partial charge in [0.05, 0.1) is 18.2 Å². The molecular formula is C19H20N2O3. The van der Waals surface area contributed by atoms with Gasteiger partial charge in [-0.3, -0.25) is 0 Å². The van der Waals surface area contributed by atoms with Crippen LogP contribution in [0.25, 0.3) is 0 Å². The molecule has 5 nitrogen and oxygen atoms in total. The molecule has 24 heavy (non-hydrogen) atoms. The molecule has 1 atom stereocenters. The van der Waals surface area contributed by atoms with E-state index in [0.29, 0.717) is 23.2 Å². The van der Waals surface area contributed by atoms with Crippen LogP contribution in [0.1, 0.15) is 36.6 Å². The summed E-state index contributed by atoms with van der Waals surface area (Å²) in [6.07, 6.45) is 0.659. The van der Waals surface area contributed by atoms with Crippen LogP contribution in [0.2, 0.25) is 0 Å². The van der Waals surface area contributed by atoms with E-state index in [-0.39, 0.29) is 12.4 Å². The zero-order valence-corrected chi connectivity index (χ0v) is 13.7. The summed E-state index contributed by atoms with van der Waals surface area (Å²) in [5.74, 6) is -0.183. The van der Waals surface area contributed by atoms with E-state index in [1.165, 1.54) is 0 Å². The first-order valence-electron chi connectivity index (χ1n) is 7.84. The van der Waals surface area contributed by atoms with Gasteiger partial charge in [-0.1, -0.05) is 13.0 Å². The van der Waals surface area contributed by atoms with Gasteiger partial charge in [0, 0.05) is 5.69 Å². The minimum absolute atomic E-state index is 0.210. The van der Waals surface area contributed by atoms with Crippen molar-refractivity contribution in [1.29, 1.82) is 5.26 Å². The maximum Gasteiger partial charge on any atom is 0.333 e. The Morgan fingerprint density at radius 2 is 1.96 bits per heavy atom. The van der Waals surface area contributed by atoms with Gasteiger partial charge in [-0.25, -0.2) is 4.79 Å². The predicted molar refractivity (Wildman–Crippen MR) is 91.6 cm³/mol. The van der Waals surface area contributed by atoms with Gasteiger partial charge in [-0.15, -0.1) is 0 Å². The number of phenolic OH excluding ortho intramolecular Hbond substituents is 1. The molecule has 0 saturated heterocycles. The molecule has 2 N–H and O–H groups in total. The number of rotatable bonds is 6. The number of carbonyl (C=O) groups excluding carboxylic acids is 1. The molecule has 2 rings (SSSR count). The summed E-state index contributed by atoms with van der Waals surface area (Å²) < 4.78 is 5.16. The number of esters is 1. The van der Waals surface area contributed by atoms with Crippen molar-refractivity contribution in [1.82, 2.24) is 0 Å². The van der Waals surface area contributed by atoms with Crippen molar-refractivity contribution >= 4 is 11.7 Å². The number of nitrogens with zero attached hydrogens (tertiary/aromatic N) is 1. The molecule has 0 aliphatic heterocycles. The average molecular weight is 324 g/mol. The van der Waals surface area contributed by atoms with Crippen LogP contribution < -0.4 is 5.32 Å². The molecule has 0 bridgehead atoms. The molecule has 0 aromatic heterocycles. The summed E-state index contributed by atoms with van der Waals surface area (Å²) in [5, 5.41) is 21.8. The van der Waals surface area contributed by atoms with Crippen molar-refractivity contribution in [2.75, 3.05) is 11.9 Å². The fourth-order valence-corrected chi connectivity index (χ4v) is 2.38. The SMILES string of the molecule is CCOC(=O)C(Nc1ccc(C#N)cc1)c1ccc(O)c(CC)c1. The lowest BCUT2D eigenvalue weighted by Crippen LogP contribution is -2.23. The summed E-state index contributed by atoms with van der Waals surface area (Å²) in [7, 11) is 0. The second-order valence-electron chi connectivity index (χ2n) is 5.26. The molecule has 2 aromatic carbocycles. The van der Waals surface area contributed by atoms with E-state index in [1.807, 2.05) is 6.92 Å². The Labute approximate surface area is 141 Å². The number of benzene rings is 2. The first kappa shape index (κ1) is 17.4. The number of nitrogens with one attached hydrogen (secondary N) is 1. The first-order valence-corrected chi connectivity index (χ1v) is 7.84. The van der Waals surface area contributed by atoms with Crippen LogP contribution in [0.5, 0.6) is 5.75 Å². The van der Waals surface area contributed by atoms with E-state index in [0.717, 1.165) is 5.56 Å². The Bertz CT molecular complexity index is 748. The average Bonchev–Trinajstić information content (AvgIpc) is 2.61. The van der Waals surface area contributed by atoms with Gasteiger partial charge in [0.15, 0.2) is 6.04 Å². The van der Waals surface area contributed by atoms with Crippen molar-refractivity contribution in [3.05, 3.63) is 59.2 Å². The van der Waals surface area contributed by atoms with Gasteiger partial charge in [0.25, 0.3) is 0 Å². The number of phenols is 1. The number of aromatic hydroxyl groups is 1. The van der Waals surface area contributed by atoms with Crippen molar-refractivity contribution < 1.29 is 14.6 Å². The minimum Gasteiger partial charge on any atom is -0.508 e. The lowest BCUT2D eigenvalue weighted by Gasteiger charge is -2.20. The van der Waals surface area contributed by atoms with E-state index >= 15 is 0 Å². The van der Waals surface area contributed by atoms with E-state index in [9.17, 15) is 9.90 Å². The van der Waals surface area contributed by atoms with E-state index in [4.69, 9.17) is 10.00 Å². The summed E-state index contributed by atoms with van der Waals surface area (Å²) in [5.41, 5.74) is 2.74. The standard InChI is InChI=1S/C19H20N2O3/c1-3-14-11-15(7-10-17(14)22)18(19(23)24-4-2)21-16-8-5-13(12-20)6-9-16/h5-11,18,21-22H,3-4H2,1-2H3. The Kier molecular flexibility index (Phi) is 5.80. The highest BCUT2D eigenvalue weighted by molar-refractivity contribution is 5.81. The number of ether oxygens (including phenoxy) is 1. The van der Waals surface area contributed by atoms with Gasteiger partial charge in [-0.05, 0) is 60.9 Å². The number of nitriles is 1. The van der Waals surface area contributed by atoms with Crippen molar-refractivity contribution in [2.45, 2.75) is 26.3 Å². The monoisotopic (exact) mass is 324 g/mol. The van der Waals surface area contributed by atoms with Gasteiger partial charge >= 0.3 is 5.97 Å². The Morgan fingerprint density at radius 1 is 1.25 bits per heavy atom. The third-order valence-electron chi connectivity index (χ3n) is 3.67. The first-order chi connectivity index (χ1) is 11.6. The van der Waals surface area contributed by atoms with Crippen LogP contribution in [0.4, 0.5) is 5.69 Å². The molecular weight excluding hydrogens is 304 g/mol. The molecule has 0 spiro atoms. The fraction of sp³-hybridized carbons (Fsp3) is 0.263. The van der Waals surface area contributed by atoms with Crippen molar-refractivity contribution in [2.24, 2.45) is 0 Å². The molecule has 124 valence electrons. The maximum absolute atomic E-state index is 12.4. The largest absolute Gasteiger partial charge is 0.508 e. The lowest BCUT2D eigenvalue weighted by molar-refractivity contribution is -0.144. The van der Waals surface area contributed by atoms with Crippen LogP contribution in [0.15, 0.2) is 42.5 Å². The van der Waals surface area contributed by atoms with E-state index in [2.05, 4.69) is 11.4 Å². The molecule has 0 aliphatic rings. The van der Waals surface area contributed by atoms with Crippen LogP contribution in [-0.4, -0.2) is 17.7 Å². The second kappa shape index (κ2) is 8.02. The number of hydrogen-bond acceptors (Lipinski definition) is 5. The van der Waals surface area contributed by atoms with Crippen molar-refractivity contribution in [3.63, 3.8) is 0 Å². The number of hydrogen-bond donors (Lipinski definition) is 2. The van der Waals surface area contributed by atoms with E-state index in [1.54, 1.807) is 49.4 Å². The molecule has 1 unspecified atom stereocenters. The Morgan fingerprint density at radius 3 is 2.54 bits per heavy atom. The lowest BCUT2D eigenvalue weighted by atomic mass is 10.0. The smallest absolute Gasteiger partial charge is 0.333 e. The van der Waals surface area contributed by atoms with E-state index < -0.39 is 12.0 Å². The molecule has 0 fully saturated rings. The third kappa shape index (κ3) is 4.05. The van der Waals surface area contributed by atoms with Gasteiger partial charge in [0.1, 0.15) is 5.75 Å². The highest BCUT2D eigenvalue weighted by Crippen LogP contribution is 2.26.